The molecule has 0 radical (unpaired) electrons. The van der Waals surface area contributed by atoms with Gasteiger partial charge < -0.3 is 10.0 Å². The largest absolute Gasteiger partial charge is 0.392 e. The fraction of sp³-hybridized carbons (Fsp3) is 0.600. The first kappa shape index (κ1) is 16.4. The van der Waals surface area contributed by atoms with E-state index in [1.807, 2.05) is 14.0 Å². The van der Waals surface area contributed by atoms with Crippen LogP contribution in [-0.2, 0) is 23.1 Å². The Morgan fingerprint density at radius 2 is 2.14 bits per heavy atom. The summed E-state index contributed by atoms with van der Waals surface area (Å²) < 4.78 is 27.4. The van der Waals surface area contributed by atoms with Gasteiger partial charge in [0, 0.05) is 12.6 Å². The number of aliphatic hydroxyl groups is 1. The molecule has 1 aliphatic rings. The lowest BCUT2D eigenvalue weighted by atomic mass is 10.1. The molecule has 1 aromatic rings. The highest BCUT2D eigenvalue weighted by Crippen LogP contribution is 2.18. The molecule has 2 N–H and O–H groups in total. The molecule has 1 atom stereocenters. The van der Waals surface area contributed by atoms with Crippen molar-refractivity contribution in [2.45, 2.75) is 43.7 Å². The van der Waals surface area contributed by atoms with E-state index in [-0.39, 0.29) is 17.5 Å². The molecule has 0 amide bonds. The first-order valence-corrected chi connectivity index (χ1v) is 8.88. The fourth-order valence-corrected chi connectivity index (χ4v) is 3.91. The molecule has 1 aromatic carbocycles. The number of aryl methyl sites for hydroxylation is 1. The van der Waals surface area contributed by atoms with Gasteiger partial charge in [-0.25, -0.2) is 13.1 Å². The van der Waals surface area contributed by atoms with E-state index in [2.05, 4.69) is 9.62 Å². The highest BCUT2D eigenvalue weighted by Gasteiger charge is 2.23. The van der Waals surface area contributed by atoms with Crippen molar-refractivity contribution in [1.29, 1.82) is 0 Å². The molecule has 0 aromatic heterocycles. The molecule has 1 unspecified atom stereocenters. The first-order chi connectivity index (χ1) is 9.97. The molecule has 0 spiro atoms. The summed E-state index contributed by atoms with van der Waals surface area (Å²) in [5.74, 6) is 0. The molecule has 21 heavy (non-hydrogen) atoms. The summed E-state index contributed by atoms with van der Waals surface area (Å²) in [5.41, 5.74) is 1.66. The molecule has 0 bridgehead atoms. The average molecular weight is 312 g/mol. The summed E-state index contributed by atoms with van der Waals surface area (Å²) in [5, 5.41) is 9.36. The van der Waals surface area contributed by atoms with Gasteiger partial charge in [0.2, 0.25) is 10.0 Å². The van der Waals surface area contributed by atoms with Gasteiger partial charge in [0.25, 0.3) is 0 Å². The maximum Gasteiger partial charge on any atom is 0.240 e. The van der Waals surface area contributed by atoms with Crippen LogP contribution in [0.2, 0.25) is 0 Å². The van der Waals surface area contributed by atoms with Gasteiger partial charge in [-0.05, 0) is 56.1 Å². The second-order valence-electron chi connectivity index (χ2n) is 5.57. The Hall–Kier alpha value is -0.950. The number of hydrogen-bond acceptors (Lipinski definition) is 4. The van der Waals surface area contributed by atoms with Crippen LogP contribution in [-0.4, -0.2) is 44.6 Å². The van der Waals surface area contributed by atoms with Crippen LogP contribution >= 0.6 is 0 Å². The Balaban J connectivity index is 2.11. The van der Waals surface area contributed by atoms with Crippen LogP contribution in [0.5, 0.6) is 0 Å². The van der Waals surface area contributed by atoms with Gasteiger partial charge in [0.15, 0.2) is 0 Å². The highest BCUT2D eigenvalue weighted by molar-refractivity contribution is 7.89. The molecule has 1 aliphatic heterocycles. The van der Waals surface area contributed by atoms with Crippen molar-refractivity contribution in [2.24, 2.45) is 0 Å². The Morgan fingerprint density at radius 3 is 2.71 bits per heavy atom. The molecular weight excluding hydrogens is 288 g/mol. The van der Waals surface area contributed by atoms with E-state index in [1.165, 1.54) is 0 Å². The van der Waals surface area contributed by atoms with Crippen molar-refractivity contribution in [1.82, 2.24) is 9.62 Å². The molecule has 5 nitrogen and oxygen atoms in total. The minimum atomic E-state index is -3.52. The number of sulfonamides is 1. The number of benzene rings is 1. The van der Waals surface area contributed by atoms with Crippen molar-refractivity contribution in [2.75, 3.05) is 20.1 Å². The predicted octanol–water partition coefficient (Wildman–Crippen LogP) is 1.11. The van der Waals surface area contributed by atoms with Crippen LogP contribution in [0.1, 0.15) is 30.9 Å². The lowest BCUT2D eigenvalue weighted by Crippen LogP contribution is -2.38. The van der Waals surface area contributed by atoms with Crippen molar-refractivity contribution in [3.63, 3.8) is 0 Å². The minimum Gasteiger partial charge on any atom is -0.392 e. The SMILES string of the molecule is CCc1ccc(S(=O)(=O)NCC2CCCN2C)cc1CO. The normalized spacial score (nSPS) is 20.0. The zero-order valence-electron chi connectivity index (χ0n) is 12.7. The van der Waals surface area contributed by atoms with Crippen molar-refractivity contribution in [3.8, 4) is 0 Å². The number of rotatable bonds is 6. The number of hydrogen-bond donors (Lipinski definition) is 2. The van der Waals surface area contributed by atoms with Crippen molar-refractivity contribution in [3.05, 3.63) is 29.3 Å². The third kappa shape index (κ3) is 3.83. The maximum absolute atomic E-state index is 12.4. The van der Waals surface area contributed by atoms with E-state index in [0.717, 1.165) is 31.4 Å². The lowest BCUT2D eigenvalue weighted by molar-refractivity contribution is 0.280. The van der Waals surface area contributed by atoms with Crippen LogP contribution in [0, 0.1) is 0 Å². The summed E-state index contributed by atoms with van der Waals surface area (Å²) in [4.78, 5) is 2.41. The number of nitrogens with one attached hydrogen (secondary N) is 1. The van der Waals surface area contributed by atoms with Crippen LogP contribution in [0.25, 0.3) is 0 Å². The van der Waals surface area contributed by atoms with E-state index in [9.17, 15) is 13.5 Å². The van der Waals surface area contributed by atoms with Crippen LogP contribution < -0.4 is 4.72 Å². The summed E-state index contributed by atoms with van der Waals surface area (Å²) >= 11 is 0. The zero-order valence-corrected chi connectivity index (χ0v) is 13.5. The third-order valence-electron chi connectivity index (χ3n) is 4.22. The molecule has 0 aliphatic carbocycles. The van der Waals surface area contributed by atoms with E-state index >= 15 is 0 Å². The van der Waals surface area contributed by atoms with E-state index < -0.39 is 10.0 Å². The smallest absolute Gasteiger partial charge is 0.240 e. The van der Waals surface area contributed by atoms with Crippen LogP contribution in [0.4, 0.5) is 0 Å². The predicted molar refractivity (Wildman–Crippen MR) is 82.6 cm³/mol. The number of aliphatic hydroxyl groups excluding tert-OH is 1. The molecule has 0 saturated carbocycles. The Morgan fingerprint density at radius 1 is 1.38 bits per heavy atom. The minimum absolute atomic E-state index is 0.141. The molecule has 1 fully saturated rings. The van der Waals surface area contributed by atoms with Gasteiger partial charge >= 0.3 is 0 Å². The average Bonchev–Trinajstić information content (AvgIpc) is 2.89. The number of likely N-dealkylation sites (tertiary alicyclic amines) is 1. The van der Waals surface area contributed by atoms with Crippen LogP contribution in [0.3, 0.4) is 0 Å². The quantitative estimate of drug-likeness (QED) is 0.826. The Bertz CT molecular complexity index is 587. The molecule has 1 heterocycles. The molecule has 6 heteroatoms. The van der Waals surface area contributed by atoms with Crippen LogP contribution in [0.15, 0.2) is 23.1 Å². The second-order valence-corrected chi connectivity index (χ2v) is 7.34. The number of likely N-dealkylation sites (N-methyl/N-ethyl adjacent to an activating group) is 1. The lowest BCUT2D eigenvalue weighted by Gasteiger charge is -2.20. The van der Waals surface area contributed by atoms with Gasteiger partial charge in [-0.1, -0.05) is 13.0 Å². The fourth-order valence-electron chi connectivity index (χ4n) is 2.79. The molecular formula is C15H24N2O3S. The van der Waals surface area contributed by atoms with Crippen molar-refractivity contribution >= 4 is 10.0 Å². The summed E-state index contributed by atoms with van der Waals surface area (Å²) in [6.07, 6.45) is 2.91. The second kappa shape index (κ2) is 6.87. The highest BCUT2D eigenvalue weighted by atomic mass is 32.2. The molecule has 1 saturated heterocycles. The summed E-state index contributed by atoms with van der Waals surface area (Å²) in [6.45, 7) is 3.30. The third-order valence-corrected chi connectivity index (χ3v) is 5.64. The zero-order chi connectivity index (χ0) is 15.5. The summed E-state index contributed by atoms with van der Waals surface area (Å²) in [7, 11) is -1.50. The van der Waals surface area contributed by atoms with Crippen molar-refractivity contribution < 1.29 is 13.5 Å². The van der Waals surface area contributed by atoms with E-state index in [0.29, 0.717) is 12.1 Å². The number of nitrogens with zero attached hydrogens (tertiary/aromatic N) is 1. The Labute approximate surface area is 127 Å². The van der Waals surface area contributed by atoms with Gasteiger partial charge in [0.05, 0.1) is 11.5 Å². The van der Waals surface area contributed by atoms with Gasteiger partial charge in [-0.2, -0.15) is 0 Å². The van der Waals surface area contributed by atoms with Gasteiger partial charge in [-0.15, -0.1) is 0 Å². The maximum atomic E-state index is 12.4. The van der Waals surface area contributed by atoms with E-state index in [4.69, 9.17) is 0 Å². The first-order valence-electron chi connectivity index (χ1n) is 7.40. The Kier molecular flexibility index (Phi) is 5.37. The van der Waals surface area contributed by atoms with Gasteiger partial charge in [0.1, 0.15) is 0 Å². The van der Waals surface area contributed by atoms with Gasteiger partial charge in [-0.3, -0.25) is 0 Å². The molecule has 2 rings (SSSR count). The standard InChI is InChI=1S/C15H24N2O3S/c1-3-12-6-7-15(9-13(12)11-18)21(19,20)16-10-14-5-4-8-17(14)2/h6-7,9,14,16,18H,3-5,8,10-11H2,1-2H3. The topological polar surface area (TPSA) is 69.6 Å². The van der Waals surface area contributed by atoms with E-state index in [1.54, 1.807) is 18.2 Å². The monoisotopic (exact) mass is 312 g/mol. The summed E-state index contributed by atoms with van der Waals surface area (Å²) in [6, 6.07) is 5.23. The molecule has 118 valence electrons.